The second kappa shape index (κ2) is 10.8. The van der Waals surface area contributed by atoms with E-state index in [1.54, 1.807) is 60.7 Å². The van der Waals surface area contributed by atoms with Crippen LogP contribution in [-0.2, 0) is 29.6 Å². The van der Waals surface area contributed by atoms with Crippen LogP contribution in [0.25, 0.3) is 0 Å². The van der Waals surface area contributed by atoms with Gasteiger partial charge in [-0.05, 0) is 48.5 Å². The Hall–Kier alpha value is -3.58. The Morgan fingerprint density at radius 3 is 1.70 bits per heavy atom. The SMILES string of the molecule is CC(=O)Nc1ccc(NC(=O)[C@@H]2CN(S(=O)(=O)c3ccccc3)CCN2S(=O)(=O)c2ccccc2)cc1. The Bertz CT molecular complexity index is 1480. The van der Waals surface area contributed by atoms with Crippen molar-refractivity contribution in [3.63, 3.8) is 0 Å². The number of nitrogens with one attached hydrogen (secondary N) is 2. The molecule has 0 saturated carbocycles. The molecule has 10 nitrogen and oxygen atoms in total. The average molecular weight is 543 g/mol. The summed E-state index contributed by atoms with van der Waals surface area (Å²) in [6.45, 7) is 0.691. The molecule has 0 aliphatic carbocycles. The Kier molecular flexibility index (Phi) is 7.73. The van der Waals surface area contributed by atoms with Crippen molar-refractivity contribution in [2.24, 2.45) is 0 Å². The second-order valence-corrected chi connectivity index (χ2v) is 12.2. The van der Waals surface area contributed by atoms with E-state index in [9.17, 15) is 26.4 Å². The van der Waals surface area contributed by atoms with E-state index in [0.29, 0.717) is 11.4 Å². The molecule has 12 heteroatoms. The van der Waals surface area contributed by atoms with Crippen LogP contribution < -0.4 is 10.6 Å². The molecule has 0 aromatic heterocycles. The van der Waals surface area contributed by atoms with Crippen LogP contribution in [0.2, 0.25) is 0 Å². The fourth-order valence-electron chi connectivity index (χ4n) is 4.00. The normalized spacial score (nSPS) is 17.2. The zero-order chi connectivity index (χ0) is 26.6. The average Bonchev–Trinajstić information content (AvgIpc) is 2.90. The number of hydrogen-bond donors (Lipinski definition) is 2. The van der Waals surface area contributed by atoms with Crippen molar-refractivity contribution in [2.75, 3.05) is 30.3 Å². The molecule has 0 radical (unpaired) electrons. The number of benzene rings is 3. The molecule has 3 aromatic carbocycles. The van der Waals surface area contributed by atoms with Gasteiger partial charge in [0.1, 0.15) is 6.04 Å². The number of hydrogen-bond acceptors (Lipinski definition) is 6. The summed E-state index contributed by atoms with van der Waals surface area (Å²) in [5.41, 5.74) is 0.885. The van der Waals surface area contributed by atoms with Crippen LogP contribution in [0, 0.1) is 0 Å². The summed E-state index contributed by atoms with van der Waals surface area (Å²) in [7, 11) is -8.06. The standard InChI is InChI=1S/C25H26N4O6S2/c1-19(30)26-20-12-14-21(15-13-20)27-25(31)24-18-28(36(32,33)22-8-4-2-5-9-22)16-17-29(24)37(34,35)23-10-6-3-7-11-23/h2-15,24H,16-18H2,1H3,(H,26,30)(H,27,31)/t24-/m0/s1. The third kappa shape index (κ3) is 5.88. The molecule has 1 heterocycles. The number of sulfonamides is 2. The van der Waals surface area contributed by atoms with Crippen molar-refractivity contribution in [1.82, 2.24) is 8.61 Å². The molecule has 194 valence electrons. The summed E-state index contributed by atoms with van der Waals surface area (Å²) >= 11 is 0. The quantitative estimate of drug-likeness (QED) is 0.471. The first-order valence-electron chi connectivity index (χ1n) is 11.4. The molecule has 0 unspecified atom stereocenters. The fraction of sp³-hybridized carbons (Fsp3) is 0.200. The van der Waals surface area contributed by atoms with Crippen molar-refractivity contribution < 1.29 is 26.4 Å². The van der Waals surface area contributed by atoms with Gasteiger partial charge in [-0.25, -0.2) is 16.8 Å². The Morgan fingerprint density at radius 2 is 1.19 bits per heavy atom. The molecule has 1 aliphatic rings. The minimum Gasteiger partial charge on any atom is -0.326 e. The van der Waals surface area contributed by atoms with Gasteiger partial charge < -0.3 is 10.6 Å². The lowest BCUT2D eigenvalue weighted by Gasteiger charge is -2.38. The van der Waals surface area contributed by atoms with Crippen LogP contribution in [0.5, 0.6) is 0 Å². The van der Waals surface area contributed by atoms with Crippen LogP contribution in [0.15, 0.2) is 94.7 Å². The van der Waals surface area contributed by atoms with Crippen LogP contribution >= 0.6 is 0 Å². The van der Waals surface area contributed by atoms with Gasteiger partial charge in [0, 0.05) is 37.9 Å². The van der Waals surface area contributed by atoms with Crippen LogP contribution in [-0.4, -0.2) is 62.9 Å². The van der Waals surface area contributed by atoms with Crippen LogP contribution in [0.4, 0.5) is 11.4 Å². The van der Waals surface area contributed by atoms with E-state index < -0.39 is 32.0 Å². The predicted molar refractivity (Wildman–Crippen MR) is 139 cm³/mol. The highest BCUT2D eigenvalue weighted by atomic mass is 32.2. The molecule has 1 atom stereocenters. The molecule has 1 aliphatic heterocycles. The lowest BCUT2D eigenvalue weighted by Crippen LogP contribution is -2.60. The Morgan fingerprint density at radius 1 is 0.703 bits per heavy atom. The van der Waals surface area contributed by atoms with Gasteiger partial charge in [0.25, 0.3) is 0 Å². The first-order valence-corrected chi connectivity index (χ1v) is 14.3. The van der Waals surface area contributed by atoms with E-state index in [-0.39, 0.29) is 35.3 Å². The molecule has 2 amide bonds. The van der Waals surface area contributed by atoms with E-state index in [0.717, 1.165) is 8.61 Å². The van der Waals surface area contributed by atoms with Gasteiger partial charge in [-0.2, -0.15) is 8.61 Å². The van der Waals surface area contributed by atoms with Gasteiger partial charge >= 0.3 is 0 Å². The molecular formula is C25H26N4O6S2. The van der Waals surface area contributed by atoms with Gasteiger partial charge in [-0.3, -0.25) is 9.59 Å². The summed E-state index contributed by atoms with van der Waals surface area (Å²) < 4.78 is 55.6. The molecule has 2 N–H and O–H groups in total. The first kappa shape index (κ1) is 26.5. The number of rotatable bonds is 7. The Labute approximate surface area is 216 Å². The third-order valence-corrected chi connectivity index (χ3v) is 9.60. The number of nitrogens with zero attached hydrogens (tertiary/aromatic N) is 2. The lowest BCUT2D eigenvalue weighted by atomic mass is 10.2. The highest BCUT2D eigenvalue weighted by molar-refractivity contribution is 7.89. The molecule has 3 aromatic rings. The van der Waals surface area contributed by atoms with E-state index in [1.165, 1.54) is 31.2 Å². The molecule has 4 rings (SSSR count). The maximum atomic E-state index is 13.5. The minimum atomic E-state index is -4.10. The maximum absolute atomic E-state index is 13.5. The van der Waals surface area contributed by atoms with Crippen molar-refractivity contribution in [2.45, 2.75) is 22.8 Å². The van der Waals surface area contributed by atoms with Crippen molar-refractivity contribution in [1.29, 1.82) is 0 Å². The highest BCUT2D eigenvalue weighted by Crippen LogP contribution is 2.26. The molecule has 0 bridgehead atoms. The number of carbonyl (C=O) groups is 2. The Balaban J connectivity index is 1.64. The van der Waals surface area contributed by atoms with Gasteiger partial charge in [0.05, 0.1) is 9.79 Å². The zero-order valence-electron chi connectivity index (χ0n) is 19.9. The monoisotopic (exact) mass is 542 g/mol. The van der Waals surface area contributed by atoms with Gasteiger partial charge in [-0.15, -0.1) is 0 Å². The number of anilines is 2. The number of piperazine rings is 1. The lowest BCUT2D eigenvalue weighted by molar-refractivity contribution is -0.120. The van der Waals surface area contributed by atoms with Crippen LogP contribution in [0.1, 0.15) is 6.92 Å². The highest BCUT2D eigenvalue weighted by Gasteiger charge is 2.43. The van der Waals surface area contributed by atoms with Crippen molar-refractivity contribution >= 4 is 43.2 Å². The molecule has 37 heavy (non-hydrogen) atoms. The summed E-state index contributed by atoms with van der Waals surface area (Å²) in [5, 5.41) is 5.30. The topological polar surface area (TPSA) is 133 Å². The van der Waals surface area contributed by atoms with Crippen LogP contribution in [0.3, 0.4) is 0 Å². The maximum Gasteiger partial charge on any atom is 0.244 e. The summed E-state index contributed by atoms with van der Waals surface area (Å²) in [5.74, 6) is -0.930. The summed E-state index contributed by atoms with van der Waals surface area (Å²) in [6, 6.07) is 20.4. The van der Waals surface area contributed by atoms with E-state index in [2.05, 4.69) is 10.6 Å². The molecular weight excluding hydrogens is 516 g/mol. The van der Waals surface area contributed by atoms with E-state index in [1.807, 2.05) is 0 Å². The van der Waals surface area contributed by atoms with Gasteiger partial charge in [-0.1, -0.05) is 36.4 Å². The van der Waals surface area contributed by atoms with Crippen molar-refractivity contribution in [3.8, 4) is 0 Å². The summed E-state index contributed by atoms with van der Waals surface area (Å²) in [4.78, 5) is 24.7. The van der Waals surface area contributed by atoms with Gasteiger partial charge in [0.15, 0.2) is 0 Å². The van der Waals surface area contributed by atoms with E-state index in [4.69, 9.17) is 0 Å². The zero-order valence-corrected chi connectivity index (χ0v) is 21.6. The fourth-order valence-corrected chi connectivity index (χ4v) is 7.05. The summed E-state index contributed by atoms with van der Waals surface area (Å²) in [6.07, 6.45) is 0. The second-order valence-electron chi connectivity index (χ2n) is 8.37. The third-order valence-electron chi connectivity index (χ3n) is 5.80. The molecule has 1 fully saturated rings. The van der Waals surface area contributed by atoms with Crippen molar-refractivity contribution in [3.05, 3.63) is 84.9 Å². The number of amides is 2. The molecule has 0 spiro atoms. The first-order chi connectivity index (χ1) is 17.6. The van der Waals surface area contributed by atoms with E-state index >= 15 is 0 Å². The molecule has 1 saturated heterocycles. The minimum absolute atomic E-state index is 0.00632. The smallest absolute Gasteiger partial charge is 0.244 e. The van der Waals surface area contributed by atoms with Gasteiger partial charge in [0.2, 0.25) is 31.9 Å². The largest absolute Gasteiger partial charge is 0.326 e. The predicted octanol–water partition coefficient (Wildman–Crippen LogP) is 2.35. The number of carbonyl (C=O) groups excluding carboxylic acids is 2.